The summed E-state index contributed by atoms with van der Waals surface area (Å²) in [6, 6.07) is 3.12. The number of benzene rings is 2. The van der Waals surface area contributed by atoms with Crippen molar-refractivity contribution in [2.75, 3.05) is 18.2 Å². The van der Waals surface area contributed by atoms with Gasteiger partial charge in [0, 0.05) is 0 Å². The summed E-state index contributed by atoms with van der Waals surface area (Å²) in [5.74, 6) is -12.4. The van der Waals surface area contributed by atoms with Gasteiger partial charge in [0.2, 0.25) is 5.82 Å². The molecule has 2 aromatic rings. The summed E-state index contributed by atoms with van der Waals surface area (Å²) in [7, 11) is 0. The van der Waals surface area contributed by atoms with Gasteiger partial charge in [0.1, 0.15) is 11.4 Å². The van der Waals surface area contributed by atoms with Gasteiger partial charge in [-0.25, -0.2) is 26.7 Å². The first-order valence-corrected chi connectivity index (χ1v) is 11.3. The predicted molar refractivity (Wildman–Crippen MR) is 124 cm³/mol. The smallest absolute Gasteiger partial charge is 0.344 e. The highest BCUT2D eigenvalue weighted by Crippen LogP contribution is 2.36. The summed E-state index contributed by atoms with van der Waals surface area (Å²) in [4.78, 5) is 24.3. The molecule has 0 bridgehead atoms. The van der Waals surface area contributed by atoms with E-state index in [-0.39, 0.29) is 29.5 Å². The van der Waals surface area contributed by atoms with Crippen molar-refractivity contribution in [3.63, 3.8) is 0 Å². The molecule has 0 fully saturated rings. The molecule has 0 saturated carbocycles. The molecule has 0 atom stereocenters. The van der Waals surface area contributed by atoms with Crippen LogP contribution in [-0.4, -0.2) is 30.8 Å². The van der Waals surface area contributed by atoms with Crippen LogP contribution in [0.25, 0.3) is 6.08 Å². The van der Waals surface area contributed by atoms with Crippen molar-refractivity contribution in [1.29, 1.82) is 0 Å². The van der Waals surface area contributed by atoms with Crippen LogP contribution in [0.2, 0.25) is 0 Å². The fourth-order valence-electron chi connectivity index (χ4n) is 2.92. The molecule has 1 aliphatic heterocycles. The lowest BCUT2D eigenvalue weighted by Gasteiger charge is -2.15. The zero-order valence-electron chi connectivity index (χ0n) is 17.3. The lowest BCUT2D eigenvalue weighted by molar-refractivity contribution is -0.145. The largest absolute Gasteiger partial charge is 0.480 e. The molecule has 0 N–H and O–H groups in total. The van der Waals surface area contributed by atoms with Gasteiger partial charge >= 0.3 is 5.97 Å². The zero-order valence-corrected chi connectivity index (χ0v) is 21.1. The summed E-state index contributed by atoms with van der Waals surface area (Å²) in [5.41, 5.74) is -1.19. The van der Waals surface area contributed by atoms with Crippen molar-refractivity contribution in [3.05, 3.63) is 60.4 Å². The molecule has 3 rings (SSSR count). The number of esters is 1. The Bertz CT molecular complexity index is 1220. The average Bonchev–Trinajstić information content (AvgIpc) is 3.04. The second-order valence-electron chi connectivity index (χ2n) is 6.69. The second kappa shape index (κ2) is 10.4. The topological polar surface area (TPSA) is 68.2 Å². The minimum atomic E-state index is -2.34. The van der Waals surface area contributed by atoms with Gasteiger partial charge in [0.25, 0.3) is 5.91 Å². The van der Waals surface area contributed by atoms with Gasteiger partial charge in [-0.2, -0.15) is 10.1 Å². The fraction of sp³-hybridized carbons (Fsp3) is 0.190. The molecular formula is C21H13BrF5IN2O4. The van der Waals surface area contributed by atoms with E-state index >= 15 is 0 Å². The summed E-state index contributed by atoms with van der Waals surface area (Å²) >= 11 is 5.23. The van der Waals surface area contributed by atoms with Crippen molar-refractivity contribution >= 4 is 67.9 Å². The maximum Gasteiger partial charge on any atom is 0.344 e. The third-order valence-electron chi connectivity index (χ3n) is 4.43. The summed E-state index contributed by atoms with van der Waals surface area (Å²) in [5, 5.41) is 3.82. The number of nitrogens with zero attached hydrogens (tertiary/aromatic N) is 2. The number of hydrogen-bond acceptors (Lipinski definition) is 5. The van der Waals surface area contributed by atoms with Crippen molar-refractivity contribution in [2.24, 2.45) is 5.10 Å². The lowest BCUT2D eigenvalue weighted by Crippen LogP contribution is -2.25. The maximum absolute atomic E-state index is 14.2. The van der Waals surface area contributed by atoms with Crippen LogP contribution >= 0.6 is 38.5 Å². The normalized spacial score (nSPS) is 14.6. The van der Waals surface area contributed by atoms with E-state index in [2.05, 4.69) is 21.0 Å². The van der Waals surface area contributed by atoms with Crippen molar-refractivity contribution < 1.29 is 41.0 Å². The van der Waals surface area contributed by atoms with Gasteiger partial charge in [0.15, 0.2) is 29.9 Å². The number of anilines is 1. The highest BCUT2D eigenvalue weighted by atomic mass is 127. The molecular weight excluding hydrogens is 646 g/mol. The number of carbonyl (C=O) groups is 2. The number of hydrazone groups is 1. The van der Waals surface area contributed by atoms with Crippen molar-refractivity contribution in [1.82, 2.24) is 0 Å². The number of ether oxygens (including phenoxy) is 2. The quantitative estimate of drug-likeness (QED) is 0.103. The van der Waals surface area contributed by atoms with Crippen molar-refractivity contribution in [2.45, 2.75) is 13.8 Å². The zero-order chi connectivity index (χ0) is 25.3. The molecule has 13 heteroatoms. The number of hydrogen-bond donors (Lipinski definition) is 0. The van der Waals surface area contributed by atoms with Gasteiger partial charge in [0.05, 0.1) is 25.9 Å². The first-order valence-electron chi connectivity index (χ1n) is 9.38. The third kappa shape index (κ3) is 4.94. The number of halogens is 7. The van der Waals surface area contributed by atoms with E-state index in [4.69, 9.17) is 9.47 Å². The van der Waals surface area contributed by atoms with E-state index in [1.54, 1.807) is 13.0 Å². The van der Waals surface area contributed by atoms with Crippen LogP contribution in [0.5, 0.6) is 5.75 Å². The molecule has 6 nitrogen and oxygen atoms in total. The molecule has 0 spiro atoms. The van der Waals surface area contributed by atoms with Crippen molar-refractivity contribution in [3.8, 4) is 5.75 Å². The first kappa shape index (κ1) is 26.1. The predicted octanol–water partition coefficient (Wildman–Crippen LogP) is 5.50. The van der Waals surface area contributed by atoms with E-state index in [1.807, 2.05) is 22.6 Å². The molecule has 1 amide bonds. The number of amides is 1. The van der Waals surface area contributed by atoms with E-state index < -0.39 is 46.6 Å². The molecule has 0 aromatic heterocycles. The fourth-order valence-corrected chi connectivity index (χ4v) is 4.69. The Hall–Kier alpha value is -2.55. The van der Waals surface area contributed by atoms with E-state index in [1.165, 1.54) is 19.1 Å². The minimum absolute atomic E-state index is 0.0114. The number of rotatable bonds is 6. The van der Waals surface area contributed by atoms with Gasteiger partial charge in [-0.05, 0) is 76.1 Å². The molecule has 0 saturated heterocycles. The van der Waals surface area contributed by atoms with Gasteiger partial charge in [-0.15, -0.1) is 0 Å². The van der Waals surface area contributed by atoms with Crippen LogP contribution in [0.15, 0.2) is 27.3 Å². The average molecular weight is 659 g/mol. The molecule has 1 aliphatic rings. The second-order valence-corrected chi connectivity index (χ2v) is 8.70. The van der Waals surface area contributed by atoms with Crippen LogP contribution in [0.1, 0.15) is 19.4 Å². The van der Waals surface area contributed by atoms with Crippen LogP contribution in [-0.2, 0) is 14.3 Å². The Labute approximate surface area is 211 Å². The molecule has 0 unspecified atom stereocenters. The molecule has 180 valence electrons. The molecule has 0 radical (unpaired) electrons. The van der Waals surface area contributed by atoms with E-state index in [0.29, 0.717) is 19.4 Å². The van der Waals surface area contributed by atoms with E-state index in [0.717, 1.165) is 0 Å². The maximum atomic E-state index is 14.2. The Balaban J connectivity index is 1.94. The minimum Gasteiger partial charge on any atom is -0.480 e. The first-order chi connectivity index (χ1) is 16.0. The van der Waals surface area contributed by atoms with Crippen LogP contribution in [0.4, 0.5) is 27.6 Å². The Kier molecular flexibility index (Phi) is 7.95. The Morgan fingerprint density at radius 2 is 1.71 bits per heavy atom. The van der Waals surface area contributed by atoms with Crippen LogP contribution < -0.4 is 9.75 Å². The molecule has 1 heterocycles. The standard InChI is InChI=1S/C21H13BrF5IN2O4/c1-3-33-13(31)7-34-20-11(22)5-9(6-12(20)28)4-10-8(2)29-30(21(10)32)19-17(26)15(24)14(23)16(25)18(19)27/h4-6H,3,7H2,1-2H3/b10-4+. The van der Waals surface area contributed by atoms with Gasteiger partial charge in [-0.3, -0.25) is 4.79 Å². The van der Waals surface area contributed by atoms with E-state index in [9.17, 15) is 31.5 Å². The summed E-state index contributed by atoms with van der Waals surface area (Å²) in [6.07, 6.45) is 1.33. The monoisotopic (exact) mass is 658 g/mol. The van der Waals surface area contributed by atoms with Gasteiger partial charge < -0.3 is 9.47 Å². The lowest BCUT2D eigenvalue weighted by atomic mass is 10.1. The molecule has 0 aliphatic carbocycles. The highest BCUT2D eigenvalue weighted by molar-refractivity contribution is 14.1. The summed E-state index contributed by atoms with van der Waals surface area (Å²) in [6.45, 7) is 2.86. The molecule has 2 aromatic carbocycles. The third-order valence-corrected chi connectivity index (χ3v) is 5.82. The Morgan fingerprint density at radius 3 is 2.26 bits per heavy atom. The van der Waals surface area contributed by atoms with Gasteiger partial charge in [-0.1, -0.05) is 0 Å². The molecule has 34 heavy (non-hydrogen) atoms. The highest BCUT2D eigenvalue weighted by Gasteiger charge is 2.37. The summed E-state index contributed by atoms with van der Waals surface area (Å²) < 4.78 is 80.1. The number of carbonyl (C=O) groups excluding carboxylic acids is 2. The van der Waals surface area contributed by atoms with Crippen LogP contribution in [0.3, 0.4) is 0 Å². The Morgan fingerprint density at radius 1 is 1.12 bits per heavy atom. The van der Waals surface area contributed by atoms with Crippen LogP contribution in [0, 0.1) is 32.7 Å². The SMILES string of the molecule is CCOC(=O)COc1c(Br)cc(/C=C2/C(=O)N(c3c(F)c(F)c(F)c(F)c3F)N=C2C)cc1I.